The summed E-state index contributed by atoms with van der Waals surface area (Å²) in [5, 5.41) is 14.6. The van der Waals surface area contributed by atoms with E-state index >= 15 is 0 Å². The van der Waals surface area contributed by atoms with Crippen LogP contribution in [0, 0.1) is 11.8 Å². The van der Waals surface area contributed by atoms with E-state index in [1.54, 1.807) is 0 Å². The molecule has 0 amide bonds. The summed E-state index contributed by atoms with van der Waals surface area (Å²) in [5.74, 6) is 0.951. The lowest BCUT2D eigenvalue weighted by atomic mass is 9.98. The van der Waals surface area contributed by atoms with Crippen LogP contribution in [0.1, 0.15) is 24.0 Å². The topological polar surface area (TPSA) is 79.3 Å². The van der Waals surface area contributed by atoms with Gasteiger partial charge in [-0.25, -0.2) is 0 Å². The lowest BCUT2D eigenvalue weighted by Crippen LogP contribution is -2.38. The fourth-order valence-corrected chi connectivity index (χ4v) is 6.01. The summed E-state index contributed by atoms with van der Waals surface area (Å²) in [7, 11) is 0. The molecule has 0 spiro atoms. The molecular formula is C34H50N8. The van der Waals surface area contributed by atoms with Crippen molar-refractivity contribution in [1.29, 1.82) is 0 Å². The van der Waals surface area contributed by atoms with Crippen LogP contribution in [0.5, 0.6) is 0 Å². The Labute approximate surface area is 252 Å². The average Bonchev–Trinajstić information content (AvgIpc) is 3.00. The van der Waals surface area contributed by atoms with Gasteiger partial charge in [0.05, 0.1) is 0 Å². The van der Waals surface area contributed by atoms with Gasteiger partial charge in [0.15, 0.2) is 0 Å². The highest BCUT2D eigenvalue weighted by molar-refractivity contribution is 5.65. The van der Waals surface area contributed by atoms with Crippen LogP contribution in [0.3, 0.4) is 0 Å². The van der Waals surface area contributed by atoms with Gasteiger partial charge in [-0.05, 0) is 35.1 Å². The highest BCUT2D eigenvalue weighted by atomic mass is 15.2. The third-order valence-corrected chi connectivity index (χ3v) is 8.29. The molecule has 0 saturated carbocycles. The molecular weight excluding hydrogens is 520 g/mol. The summed E-state index contributed by atoms with van der Waals surface area (Å²) in [4.78, 5) is 14.1. The summed E-state index contributed by atoms with van der Waals surface area (Å²) in [6, 6.07) is 9.24. The normalized spacial score (nSPS) is 27.2. The van der Waals surface area contributed by atoms with Gasteiger partial charge in [-0.1, -0.05) is 48.6 Å². The molecule has 8 heteroatoms. The number of hydrogen-bond donors (Lipinski definition) is 4. The summed E-state index contributed by atoms with van der Waals surface area (Å²) in [5.41, 5.74) is 5.43. The Morgan fingerprint density at radius 3 is 1.62 bits per heavy atom. The Hall–Kier alpha value is -2.72. The Bertz CT molecular complexity index is 1060. The number of rotatable bonds is 4. The van der Waals surface area contributed by atoms with Crippen molar-refractivity contribution in [2.24, 2.45) is 21.8 Å². The largest absolute Gasteiger partial charge is 0.315 e. The minimum atomic E-state index is 0.475. The van der Waals surface area contributed by atoms with Crippen molar-refractivity contribution in [2.75, 3.05) is 78.5 Å². The van der Waals surface area contributed by atoms with Crippen LogP contribution < -0.4 is 21.3 Å². The van der Waals surface area contributed by atoms with E-state index in [1.807, 2.05) is 12.4 Å². The monoisotopic (exact) mass is 570 g/mol. The zero-order valence-corrected chi connectivity index (χ0v) is 25.2. The van der Waals surface area contributed by atoms with Crippen molar-refractivity contribution >= 4 is 12.4 Å². The maximum Gasteiger partial charge on any atom is 0.0296 e. The van der Waals surface area contributed by atoms with Crippen LogP contribution in [-0.2, 0) is 13.1 Å². The van der Waals surface area contributed by atoms with Gasteiger partial charge in [0, 0.05) is 128 Å². The van der Waals surface area contributed by atoms with Crippen molar-refractivity contribution in [2.45, 2.75) is 25.9 Å². The second-order valence-corrected chi connectivity index (χ2v) is 11.9. The van der Waals surface area contributed by atoms with Crippen LogP contribution in [0.4, 0.5) is 0 Å². The van der Waals surface area contributed by atoms with Crippen LogP contribution in [-0.4, -0.2) is 101 Å². The number of nitrogens with zero attached hydrogens (tertiary/aromatic N) is 4. The molecule has 5 rings (SSSR count). The highest BCUT2D eigenvalue weighted by Gasteiger charge is 2.14. The Morgan fingerprint density at radius 1 is 0.643 bits per heavy atom. The molecule has 1 aromatic rings. The first kappa shape index (κ1) is 30.7. The van der Waals surface area contributed by atoms with E-state index in [9.17, 15) is 0 Å². The summed E-state index contributed by atoms with van der Waals surface area (Å²) in [6.45, 7) is 13.8. The molecule has 4 heterocycles. The predicted molar refractivity (Wildman–Crippen MR) is 176 cm³/mol. The first-order chi connectivity index (χ1) is 20.8. The van der Waals surface area contributed by atoms with Gasteiger partial charge in [0.2, 0.25) is 0 Å². The van der Waals surface area contributed by atoms with Gasteiger partial charge in [-0.15, -0.1) is 0 Å². The SMILES string of the molecule is C1=NC=C2/C=C\CNCCN(Cc3cccc(CN4CCNC/C=C\C5=CN=CC(CNCC4)C5)c3)CCNCC1C2. The maximum atomic E-state index is 4.47. The molecule has 4 N–H and O–H groups in total. The molecule has 2 unspecified atom stereocenters. The molecule has 1 aromatic carbocycles. The minimum absolute atomic E-state index is 0.475. The molecule has 0 aliphatic carbocycles. The van der Waals surface area contributed by atoms with E-state index in [2.05, 4.69) is 102 Å². The number of fused-ring (bicyclic) bond motifs is 4. The fraction of sp³-hybridized carbons (Fsp3) is 0.529. The molecule has 0 aromatic heterocycles. The smallest absolute Gasteiger partial charge is 0.0296 e. The lowest BCUT2D eigenvalue weighted by molar-refractivity contribution is 0.261. The fourth-order valence-electron chi connectivity index (χ4n) is 6.01. The van der Waals surface area contributed by atoms with Crippen molar-refractivity contribution < 1.29 is 0 Å². The molecule has 0 fully saturated rings. The Balaban J connectivity index is 1.14. The summed E-state index contributed by atoms with van der Waals surface area (Å²) >= 11 is 0. The zero-order chi connectivity index (χ0) is 28.7. The summed E-state index contributed by atoms with van der Waals surface area (Å²) in [6.07, 6.45) is 19.3. The van der Waals surface area contributed by atoms with Gasteiger partial charge in [0.1, 0.15) is 0 Å². The van der Waals surface area contributed by atoms with Gasteiger partial charge in [0.25, 0.3) is 0 Å². The van der Waals surface area contributed by atoms with E-state index in [4.69, 9.17) is 0 Å². The Morgan fingerprint density at radius 2 is 1.12 bits per heavy atom. The van der Waals surface area contributed by atoms with E-state index in [0.29, 0.717) is 11.8 Å². The molecule has 4 aliphatic heterocycles. The zero-order valence-electron chi connectivity index (χ0n) is 25.2. The number of nitrogens with one attached hydrogen (secondary N) is 4. The van der Waals surface area contributed by atoms with Crippen molar-refractivity contribution in [1.82, 2.24) is 31.1 Å². The third kappa shape index (κ3) is 10.8. The molecule has 42 heavy (non-hydrogen) atoms. The number of aliphatic imine (C=N–C) groups is 2. The highest BCUT2D eigenvalue weighted by Crippen LogP contribution is 2.17. The second kappa shape index (κ2) is 17.4. The lowest BCUT2D eigenvalue weighted by Gasteiger charge is -2.26. The predicted octanol–water partition coefficient (Wildman–Crippen LogP) is 2.74. The van der Waals surface area contributed by atoms with Crippen molar-refractivity contribution in [3.05, 3.63) is 83.2 Å². The van der Waals surface area contributed by atoms with E-state index in [1.165, 1.54) is 22.3 Å². The molecule has 4 bridgehead atoms. The molecule has 4 aliphatic rings. The van der Waals surface area contributed by atoms with Crippen LogP contribution in [0.15, 0.2) is 82.1 Å². The van der Waals surface area contributed by atoms with Gasteiger partial charge in [-0.2, -0.15) is 0 Å². The second-order valence-electron chi connectivity index (χ2n) is 11.9. The van der Waals surface area contributed by atoms with E-state index < -0.39 is 0 Å². The average molecular weight is 571 g/mol. The maximum absolute atomic E-state index is 4.47. The van der Waals surface area contributed by atoms with Gasteiger partial charge >= 0.3 is 0 Å². The first-order valence-electron chi connectivity index (χ1n) is 15.9. The molecule has 2 atom stereocenters. The first-order valence-corrected chi connectivity index (χ1v) is 15.9. The van der Waals surface area contributed by atoms with Gasteiger partial charge < -0.3 is 21.3 Å². The van der Waals surface area contributed by atoms with Gasteiger partial charge in [-0.3, -0.25) is 19.8 Å². The quantitative estimate of drug-likeness (QED) is 0.446. The van der Waals surface area contributed by atoms with E-state index in [0.717, 1.165) is 104 Å². The summed E-state index contributed by atoms with van der Waals surface area (Å²) < 4.78 is 0. The number of benzene rings is 1. The standard InChI is InChI=1S/C34H50N8/c1-4-31(27-41-14-10-35-8-2-6-29-18-33(25-39-21-29)23-37-12-16-41)20-32(5-1)28-42-15-11-36-9-3-7-30-19-34(26-40-22-30)24-38-13-17-42/h1-7,20-22,25-26,33-38H,8-19,23-24,27-28H2/b6-2-,7-3-. The number of hydrogen-bond acceptors (Lipinski definition) is 8. The molecule has 226 valence electrons. The van der Waals surface area contributed by atoms with Crippen LogP contribution in [0.25, 0.3) is 0 Å². The van der Waals surface area contributed by atoms with Crippen molar-refractivity contribution in [3.63, 3.8) is 0 Å². The Kier molecular flexibility index (Phi) is 12.7. The molecule has 8 nitrogen and oxygen atoms in total. The van der Waals surface area contributed by atoms with Crippen LogP contribution >= 0.6 is 0 Å². The van der Waals surface area contributed by atoms with Crippen LogP contribution in [0.2, 0.25) is 0 Å². The van der Waals surface area contributed by atoms with Crippen molar-refractivity contribution in [3.8, 4) is 0 Å². The van der Waals surface area contributed by atoms with E-state index in [-0.39, 0.29) is 0 Å². The number of allylic oxidation sites excluding steroid dienone is 4. The third-order valence-electron chi connectivity index (χ3n) is 8.29. The molecule has 0 saturated heterocycles. The molecule has 0 radical (unpaired) electrons. The minimum Gasteiger partial charge on any atom is -0.315 e.